The first kappa shape index (κ1) is 15.3. The van der Waals surface area contributed by atoms with Crippen molar-refractivity contribution < 1.29 is 13.2 Å². The molecule has 0 aromatic carbocycles. The fourth-order valence-electron chi connectivity index (χ4n) is 2.69. The van der Waals surface area contributed by atoms with Gasteiger partial charge in [0.05, 0.1) is 23.8 Å². The van der Waals surface area contributed by atoms with Crippen LogP contribution in [0.25, 0.3) is 0 Å². The molecule has 0 saturated carbocycles. The second-order valence-electron chi connectivity index (χ2n) is 5.31. The standard InChI is InChI=1S/C14H22N2O3S/c1-10-7-16-13(11(2)14(10)19-3)9-15-8-12-5-4-6-20(12,17)18/h7,12,15H,4-6,8-9H2,1-3H3. The van der Waals surface area contributed by atoms with Gasteiger partial charge in [0.2, 0.25) is 0 Å². The van der Waals surface area contributed by atoms with Gasteiger partial charge in [-0.15, -0.1) is 0 Å². The van der Waals surface area contributed by atoms with Crippen molar-refractivity contribution in [3.63, 3.8) is 0 Å². The van der Waals surface area contributed by atoms with Crippen molar-refractivity contribution in [1.29, 1.82) is 0 Å². The number of aromatic nitrogens is 1. The lowest BCUT2D eigenvalue weighted by Gasteiger charge is -2.14. The first-order chi connectivity index (χ1) is 9.45. The number of sulfone groups is 1. The largest absolute Gasteiger partial charge is 0.496 e. The zero-order chi connectivity index (χ0) is 14.8. The third kappa shape index (κ3) is 3.12. The molecule has 1 aliphatic heterocycles. The van der Waals surface area contributed by atoms with Crippen LogP contribution in [0.15, 0.2) is 6.20 Å². The summed E-state index contributed by atoms with van der Waals surface area (Å²) in [5.74, 6) is 1.18. The lowest BCUT2D eigenvalue weighted by atomic mass is 10.1. The first-order valence-electron chi connectivity index (χ1n) is 6.87. The Balaban J connectivity index is 1.98. The maximum atomic E-state index is 11.7. The summed E-state index contributed by atoms with van der Waals surface area (Å²) in [7, 11) is -1.23. The Kier molecular flexibility index (Phi) is 4.65. The Morgan fingerprint density at radius 1 is 1.45 bits per heavy atom. The maximum Gasteiger partial charge on any atom is 0.154 e. The van der Waals surface area contributed by atoms with Crippen molar-refractivity contribution in [2.45, 2.75) is 38.5 Å². The van der Waals surface area contributed by atoms with Crippen LogP contribution in [0.4, 0.5) is 0 Å². The van der Waals surface area contributed by atoms with E-state index in [1.807, 2.05) is 13.8 Å². The van der Waals surface area contributed by atoms with Gasteiger partial charge in [0.1, 0.15) is 5.75 Å². The number of hydrogen-bond donors (Lipinski definition) is 1. The Morgan fingerprint density at radius 2 is 2.20 bits per heavy atom. The number of nitrogens with one attached hydrogen (secondary N) is 1. The van der Waals surface area contributed by atoms with Gasteiger partial charge in [-0.05, 0) is 26.7 Å². The molecule has 1 N–H and O–H groups in total. The molecule has 0 amide bonds. The Hall–Kier alpha value is -1.14. The molecule has 1 aliphatic rings. The molecule has 1 fully saturated rings. The van der Waals surface area contributed by atoms with E-state index in [4.69, 9.17) is 4.74 Å². The molecule has 0 radical (unpaired) electrons. The van der Waals surface area contributed by atoms with Crippen LogP contribution in [-0.4, -0.2) is 38.1 Å². The number of hydrogen-bond acceptors (Lipinski definition) is 5. The summed E-state index contributed by atoms with van der Waals surface area (Å²) < 4.78 is 28.8. The van der Waals surface area contributed by atoms with Gasteiger partial charge in [0.25, 0.3) is 0 Å². The molecule has 0 aliphatic carbocycles. The molecule has 1 aromatic rings. The molecule has 112 valence electrons. The van der Waals surface area contributed by atoms with Crippen molar-refractivity contribution >= 4 is 9.84 Å². The van der Waals surface area contributed by atoms with Gasteiger partial charge < -0.3 is 10.1 Å². The molecular weight excluding hydrogens is 276 g/mol. The Morgan fingerprint density at radius 3 is 2.80 bits per heavy atom. The van der Waals surface area contributed by atoms with Gasteiger partial charge in [-0.2, -0.15) is 0 Å². The molecule has 20 heavy (non-hydrogen) atoms. The zero-order valence-corrected chi connectivity index (χ0v) is 13.1. The number of aryl methyl sites for hydroxylation is 1. The van der Waals surface area contributed by atoms with Gasteiger partial charge in [-0.25, -0.2) is 8.42 Å². The highest BCUT2D eigenvalue weighted by molar-refractivity contribution is 7.92. The average Bonchev–Trinajstić information content (AvgIpc) is 2.72. The number of rotatable bonds is 5. The summed E-state index contributed by atoms with van der Waals surface area (Å²) in [6, 6.07) is 0. The SMILES string of the molecule is COc1c(C)cnc(CNCC2CCCS2(=O)=O)c1C. The summed E-state index contributed by atoms with van der Waals surface area (Å²) in [6.07, 6.45) is 3.33. The molecule has 1 saturated heterocycles. The molecular formula is C14H22N2O3S. The van der Waals surface area contributed by atoms with Crippen molar-refractivity contribution in [3.05, 3.63) is 23.0 Å². The predicted octanol–water partition coefficient (Wildman–Crippen LogP) is 1.37. The minimum Gasteiger partial charge on any atom is -0.496 e. The van der Waals surface area contributed by atoms with Gasteiger partial charge >= 0.3 is 0 Å². The lowest BCUT2D eigenvalue weighted by Crippen LogP contribution is -2.30. The van der Waals surface area contributed by atoms with Crippen LogP contribution in [0.3, 0.4) is 0 Å². The Labute approximate surface area is 120 Å². The molecule has 2 rings (SSSR count). The topological polar surface area (TPSA) is 68.3 Å². The van der Waals surface area contributed by atoms with E-state index in [1.54, 1.807) is 13.3 Å². The minimum atomic E-state index is -2.88. The average molecular weight is 298 g/mol. The minimum absolute atomic E-state index is 0.241. The van der Waals surface area contributed by atoms with Gasteiger partial charge in [-0.3, -0.25) is 4.98 Å². The highest BCUT2D eigenvalue weighted by Gasteiger charge is 2.30. The second-order valence-corrected chi connectivity index (χ2v) is 7.71. The number of ether oxygens (including phenoxy) is 1. The van der Waals surface area contributed by atoms with E-state index < -0.39 is 9.84 Å². The number of pyridine rings is 1. The monoisotopic (exact) mass is 298 g/mol. The van der Waals surface area contributed by atoms with E-state index in [-0.39, 0.29) is 5.25 Å². The molecule has 1 atom stereocenters. The highest BCUT2D eigenvalue weighted by atomic mass is 32.2. The lowest BCUT2D eigenvalue weighted by molar-refractivity contribution is 0.406. The smallest absolute Gasteiger partial charge is 0.154 e. The van der Waals surface area contributed by atoms with Crippen LogP contribution in [-0.2, 0) is 16.4 Å². The molecule has 2 heterocycles. The molecule has 5 nitrogen and oxygen atoms in total. The van der Waals surface area contributed by atoms with Gasteiger partial charge in [-0.1, -0.05) is 0 Å². The summed E-state index contributed by atoms with van der Waals surface area (Å²) in [6.45, 7) is 5.00. The van der Waals surface area contributed by atoms with E-state index in [2.05, 4.69) is 10.3 Å². The molecule has 1 unspecified atom stereocenters. The zero-order valence-electron chi connectivity index (χ0n) is 12.3. The van der Waals surface area contributed by atoms with Crippen molar-refractivity contribution in [3.8, 4) is 5.75 Å². The van der Waals surface area contributed by atoms with Crippen LogP contribution < -0.4 is 10.1 Å². The quantitative estimate of drug-likeness (QED) is 0.889. The van der Waals surface area contributed by atoms with Crippen LogP contribution >= 0.6 is 0 Å². The second kappa shape index (κ2) is 6.10. The Bertz CT molecular complexity index is 584. The van der Waals surface area contributed by atoms with Crippen molar-refractivity contribution in [2.24, 2.45) is 0 Å². The van der Waals surface area contributed by atoms with E-state index >= 15 is 0 Å². The van der Waals surface area contributed by atoms with Crippen molar-refractivity contribution in [2.75, 3.05) is 19.4 Å². The molecule has 1 aromatic heterocycles. The van der Waals surface area contributed by atoms with E-state index in [0.29, 0.717) is 18.8 Å². The van der Waals surface area contributed by atoms with Crippen LogP contribution in [0.5, 0.6) is 5.75 Å². The first-order valence-corrected chi connectivity index (χ1v) is 8.58. The third-order valence-corrected chi connectivity index (χ3v) is 6.15. The van der Waals surface area contributed by atoms with E-state index in [0.717, 1.165) is 35.4 Å². The molecule has 6 heteroatoms. The van der Waals surface area contributed by atoms with Crippen LogP contribution in [0.2, 0.25) is 0 Å². The summed E-state index contributed by atoms with van der Waals surface area (Å²) in [5.41, 5.74) is 2.92. The van der Waals surface area contributed by atoms with Crippen molar-refractivity contribution in [1.82, 2.24) is 10.3 Å². The number of methoxy groups -OCH3 is 1. The van der Waals surface area contributed by atoms with Gasteiger partial charge in [0.15, 0.2) is 9.84 Å². The fourth-order valence-corrected chi connectivity index (χ4v) is 4.49. The predicted molar refractivity (Wildman–Crippen MR) is 78.8 cm³/mol. The summed E-state index contributed by atoms with van der Waals surface area (Å²) in [5, 5.41) is 2.97. The molecule has 0 bridgehead atoms. The maximum absolute atomic E-state index is 11.7. The fraction of sp³-hybridized carbons (Fsp3) is 0.643. The van der Waals surface area contributed by atoms with Crippen LogP contribution in [0.1, 0.15) is 29.7 Å². The summed E-state index contributed by atoms with van der Waals surface area (Å²) >= 11 is 0. The van der Waals surface area contributed by atoms with E-state index in [9.17, 15) is 8.42 Å². The van der Waals surface area contributed by atoms with Gasteiger partial charge in [0, 0.05) is 30.4 Å². The molecule has 0 spiro atoms. The highest BCUT2D eigenvalue weighted by Crippen LogP contribution is 2.24. The van der Waals surface area contributed by atoms with E-state index in [1.165, 1.54) is 0 Å². The number of nitrogens with zero attached hydrogens (tertiary/aromatic N) is 1. The normalized spacial score (nSPS) is 21.1. The summed E-state index contributed by atoms with van der Waals surface area (Å²) in [4.78, 5) is 4.39. The third-order valence-electron chi connectivity index (χ3n) is 3.88. The van der Waals surface area contributed by atoms with Crippen LogP contribution in [0, 0.1) is 13.8 Å².